The minimum absolute atomic E-state index is 0.00637. The first-order valence-electron chi connectivity index (χ1n) is 10.4. The summed E-state index contributed by atoms with van der Waals surface area (Å²) >= 11 is 0. The van der Waals surface area contributed by atoms with Crippen molar-refractivity contribution < 1.29 is 9.47 Å². The highest BCUT2D eigenvalue weighted by molar-refractivity contribution is 5.79. The van der Waals surface area contributed by atoms with Crippen LogP contribution in [0.3, 0.4) is 0 Å². The van der Waals surface area contributed by atoms with E-state index in [0.29, 0.717) is 31.0 Å². The Balaban J connectivity index is 1.77. The highest BCUT2D eigenvalue weighted by atomic mass is 16.6. The minimum atomic E-state index is 0.00637. The Bertz CT molecular complexity index is 1170. The topological polar surface area (TPSA) is 86.1 Å². The molecule has 6 heteroatoms. The summed E-state index contributed by atoms with van der Waals surface area (Å²) in [6.45, 7) is 7.05. The zero-order valence-corrected chi connectivity index (χ0v) is 18.0. The summed E-state index contributed by atoms with van der Waals surface area (Å²) in [6.07, 6.45) is 9.97. The number of aryl methyl sites for hydroxylation is 1. The predicted molar refractivity (Wildman–Crippen MR) is 122 cm³/mol. The van der Waals surface area contributed by atoms with Gasteiger partial charge in [-0.25, -0.2) is 4.98 Å². The Morgan fingerprint density at radius 3 is 3.00 bits per heavy atom. The number of hydrogen-bond acceptors (Lipinski definition) is 5. The average molecular weight is 415 g/mol. The van der Waals surface area contributed by atoms with Crippen LogP contribution in [0, 0.1) is 24.7 Å². The van der Waals surface area contributed by atoms with Crippen molar-refractivity contribution in [2.45, 2.75) is 27.2 Å². The zero-order chi connectivity index (χ0) is 21.8. The molecule has 3 N–H and O–H groups in total. The number of aromatic nitrogens is 3. The van der Waals surface area contributed by atoms with Crippen LogP contribution in [0.4, 0.5) is 0 Å². The maximum absolute atomic E-state index is 6.29. The van der Waals surface area contributed by atoms with Gasteiger partial charge in [0, 0.05) is 29.4 Å². The molecule has 0 fully saturated rings. The van der Waals surface area contributed by atoms with Crippen LogP contribution in [-0.4, -0.2) is 28.2 Å². The number of nitrogens with two attached hydrogens (primary N) is 1. The van der Waals surface area contributed by atoms with E-state index in [2.05, 4.69) is 21.8 Å². The van der Waals surface area contributed by atoms with Gasteiger partial charge in [0.15, 0.2) is 11.5 Å². The van der Waals surface area contributed by atoms with Gasteiger partial charge in [-0.1, -0.05) is 24.0 Å². The van der Waals surface area contributed by atoms with Crippen LogP contribution in [0.25, 0.3) is 22.5 Å². The third kappa shape index (κ3) is 4.26. The summed E-state index contributed by atoms with van der Waals surface area (Å²) in [5.74, 6) is 8.77. The first kappa shape index (κ1) is 20.5. The van der Waals surface area contributed by atoms with Crippen LogP contribution in [0.2, 0.25) is 0 Å². The highest BCUT2D eigenvalue weighted by Gasteiger charge is 2.22. The maximum Gasteiger partial charge on any atom is 0.158 e. The number of ether oxygens (including phenoxy) is 2. The molecule has 1 aliphatic carbocycles. The number of H-pyrrole nitrogens is 1. The van der Waals surface area contributed by atoms with Gasteiger partial charge < -0.3 is 20.2 Å². The van der Waals surface area contributed by atoms with E-state index in [0.717, 1.165) is 39.9 Å². The largest absolute Gasteiger partial charge is 0.489 e. The van der Waals surface area contributed by atoms with Gasteiger partial charge in [-0.2, -0.15) is 0 Å². The molecule has 0 amide bonds. The minimum Gasteiger partial charge on any atom is -0.489 e. The molecule has 0 bridgehead atoms. The molecule has 1 unspecified atom stereocenters. The van der Waals surface area contributed by atoms with Crippen LogP contribution < -0.4 is 5.73 Å². The first-order valence-corrected chi connectivity index (χ1v) is 10.4. The molecular weight excluding hydrogens is 388 g/mol. The predicted octanol–water partition coefficient (Wildman–Crippen LogP) is 4.34. The van der Waals surface area contributed by atoms with Gasteiger partial charge in [0.1, 0.15) is 19.0 Å². The van der Waals surface area contributed by atoms with Gasteiger partial charge in [-0.15, -0.1) is 0 Å². The Kier molecular flexibility index (Phi) is 5.94. The van der Waals surface area contributed by atoms with Crippen molar-refractivity contribution in [3.8, 4) is 23.1 Å². The zero-order valence-electron chi connectivity index (χ0n) is 18.0. The molecule has 1 aliphatic heterocycles. The average Bonchev–Trinajstić information content (AvgIpc) is 3.17. The van der Waals surface area contributed by atoms with Gasteiger partial charge in [0.2, 0.25) is 0 Å². The van der Waals surface area contributed by atoms with Gasteiger partial charge >= 0.3 is 0 Å². The Morgan fingerprint density at radius 2 is 2.16 bits per heavy atom. The SMILES string of the molecule is C/C=C\C=C(/N)c1ncccc1-c1nc(/C2=C/C3=C(OCCO3)C(C)C#CC2)[nH]c1C. The molecule has 0 radical (unpaired) electrons. The molecule has 0 saturated carbocycles. The van der Waals surface area contributed by atoms with Crippen LogP contribution in [0.5, 0.6) is 0 Å². The van der Waals surface area contributed by atoms with Gasteiger partial charge in [-0.05, 0) is 45.1 Å². The fourth-order valence-electron chi connectivity index (χ4n) is 3.60. The van der Waals surface area contributed by atoms with Crippen molar-refractivity contribution in [2.75, 3.05) is 13.2 Å². The van der Waals surface area contributed by atoms with E-state index in [9.17, 15) is 0 Å². The number of aromatic amines is 1. The van der Waals surface area contributed by atoms with E-state index in [1.165, 1.54) is 0 Å². The second-order valence-corrected chi connectivity index (χ2v) is 7.42. The Hall–Kier alpha value is -3.72. The standard InChI is InChI=1S/C25H26N4O2/c1-4-5-11-20(26)23-19(10-7-12-27-23)22-17(3)28-25(29-22)18-9-6-8-16(2)24-21(15-18)30-13-14-31-24/h4-5,7,10-12,15-16H,9,13-14,26H2,1-3H3,(H,28,29)/b5-4-,18-15+,20-11-. The van der Waals surface area contributed by atoms with Crippen molar-refractivity contribution in [2.24, 2.45) is 11.7 Å². The van der Waals surface area contributed by atoms with Crippen LogP contribution in [-0.2, 0) is 9.47 Å². The molecule has 3 heterocycles. The van der Waals surface area contributed by atoms with E-state index in [1.54, 1.807) is 6.20 Å². The van der Waals surface area contributed by atoms with E-state index >= 15 is 0 Å². The molecule has 2 aromatic rings. The van der Waals surface area contributed by atoms with Crippen molar-refractivity contribution in [3.05, 3.63) is 71.4 Å². The molecule has 6 nitrogen and oxygen atoms in total. The number of nitrogens with zero attached hydrogens (tertiary/aromatic N) is 2. The Labute approximate surface area is 182 Å². The van der Waals surface area contributed by atoms with Crippen molar-refractivity contribution >= 4 is 11.3 Å². The number of rotatable bonds is 4. The van der Waals surface area contributed by atoms with Crippen LogP contribution in [0.1, 0.15) is 37.5 Å². The smallest absolute Gasteiger partial charge is 0.158 e. The van der Waals surface area contributed by atoms with E-state index < -0.39 is 0 Å². The monoisotopic (exact) mass is 414 g/mol. The number of hydrogen-bond donors (Lipinski definition) is 2. The van der Waals surface area contributed by atoms with E-state index in [-0.39, 0.29) is 5.92 Å². The van der Waals surface area contributed by atoms with Gasteiger partial charge in [-0.3, -0.25) is 4.98 Å². The number of nitrogens with one attached hydrogen (secondary N) is 1. The quantitative estimate of drug-likeness (QED) is 0.574. The van der Waals surface area contributed by atoms with Crippen LogP contribution in [0.15, 0.2) is 54.2 Å². The third-order valence-electron chi connectivity index (χ3n) is 5.13. The normalized spacial score (nSPS) is 20.5. The lowest BCUT2D eigenvalue weighted by molar-refractivity contribution is 0.0594. The molecule has 2 aliphatic rings. The fraction of sp³-hybridized carbons (Fsp3) is 0.280. The van der Waals surface area contributed by atoms with Crippen molar-refractivity contribution in [1.29, 1.82) is 0 Å². The molecule has 2 aromatic heterocycles. The molecular formula is C25H26N4O2. The van der Waals surface area contributed by atoms with Gasteiger partial charge in [0.05, 0.1) is 23.0 Å². The fourth-order valence-corrected chi connectivity index (χ4v) is 3.60. The highest BCUT2D eigenvalue weighted by Crippen LogP contribution is 2.31. The van der Waals surface area contributed by atoms with Crippen LogP contribution >= 0.6 is 0 Å². The van der Waals surface area contributed by atoms with E-state index in [4.69, 9.17) is 20.2 Å². The lowest BCUT2D eigenvalue weighted by Crippen LogP contribution is -2.17. The van der Waals surface area contributed by atoms with Crippen molar-refractivity contribution in [3.63, 3.8) is 0 Å². The molecule has 158 valence electrons. The molecule has 0 saturated heterocycles. The molecule has 0 aromatic carbocycles. The number of imidazole rings is 1. The second-order valence-electron chi connectivity index (χ2n) is 7.42. The molecule has 0 spiro atoms. The summed E-state index contributed by atoms with van der Waals surface area (Å²) in [5.41, 5.74) is 11.2. The van der Waals surface area contributed by atoms with Crippen molar-refractivity contribution in [1.82, 2.24) is 15.0 Å². The molecule has 4 rings (SSSR count). The first-order chi connectivity index (χ1) is 15.1. The number of pyridine rings is 1. The second kappa shape index (κ2) is 8.97. The summed E-state index contributed by atoms with van der Waals surface area (Å²) in [5, 5.41) is 0. The summed E-state index contributed by atoms with van der Waals surface area (Å²) in [4.78, 5) is 12.8. The number of allylic oxidation sites excluding steroid dienone is 6. The van der Waals surface area contributed by atoms with Gasteiger partial charge in [0.25, 0.3) is 0 Å². The Morgan fingerprint density at radius 1 is 1.32 bits per heavy atom. The lowest BCUT2D eigenvalue weighted by Gasteiger charge is -2.23. The lowest BCUT2D eigenvalue weighted by atomic mass is 10.0. The molecule has 31 heavy (non-hydrogen) atoms. The summed E-state index contributed by atoms with van der Waals surface area (Å²) in [6, 6.07) is 3.88. The summed E-state index contributed by atoms with van der Waals surface area (Å²) in [7, 11) is 0. The summed E-state index contributed by atoms with van der Waals surface area (Å²) < 4.78 is 11.7. The molecule has 1 atom stereocenters. The maximum atomic E-state index is 6.29. The third-order valence-corrected chi connectivity index (χ3v) is 5.13. The van der Waals surface area contributed by atoms with E-state index in [1.807, 2.05) is 57.2 Å².